The van der Waals surface area contributed by atoms with Gasteiger partial charge in [-0.15, -0.1) is 15.0 Å². The molecule has 0 unspecified atom stereocenters. The van der Waals surface area contributed by atoms with Gasteiger partial charge >= 0.3 is 5.90 Å². The molecule has 9 heavy (non-hydrogen) atoms. The summed E-state index contributed by atoms with van der Waals surface area (Å²) >= 11 is 0. The molecule has 0 atom stereocenters. The zero-order chi connectivity index (χ0) is 8.28. The first-order valence-electron chi connectivity index (χ1n) is 1.13. The van der Waals surface area contributed by atoms with E-state index in [1.807, 2.05) is 0 Å². The average molecular weight is 140 g/mol. The predicted octanol–water partition coefficient (Wildman–Crippen LogP) is -0.653. The zero-order valence-corrected chi connectivity index (χ0v) is 3.87. The van der Waals surface area contributed by atoms with Gasteiger partial charge in [0.15, 0.2) is 5.34 Å². The molecule has 3 radical (unpaired) electrons. The standard InChI is InChI=1S/HNO3.HNO2.NO/c2-1(3)4;2-1-3;1-2/h(H,2,3,4);(H,2,3);. The molecule has 0 aliphatic rings. The second kappa shape index (κ2) is 31.3. The summed E-state index contributed by atoms with van der Waals surface area (Å²) < 4.78 is 0. The number of hydrogen-bond acceptors (Lipinski definition) is 5. The van der Waals surface area contributed by atoms with Gasteiger partial charge in [-0.25, -0.2) is 0 Å². The van der Waals surface area contributed by atoms with Crippen LogP contribution >= 0.6 is 0 Å². The summed E-state index contributed by atoms with van der Waals surface area (Å²) in [6.07, 6.45) is 0. The van der Waals surface area contributed by atoms with E-state index in [1.165, 1.54) is 5.34 Å². The van der Waals surface area contributed by atoms with E-state index in [0.29, 0.717) is 0 Å². The molecule has 0 bridgehead atoms. The summed E-state index contributed by atoms with van der Waals surface area (Å²) in [5.41, 5.74) is 0. The third-order valence-corrected chi connectivity index (χ3v) is 0. The minimum atomic E-state index is -1.50. The Hall–Kier alpha value is -1.48. The predicted molar refractivity (Wildman–Crippen MR) is 21.9 cm³/mol. The molecule has 0 saturated heterocycles. The van der Waals surface area contributed by atoms with Crippen molar-refractivity contribution in [3.63, 3.8) is 0 Å². The van der Waals surface area contributed by atoms with E-state index in [2.05, 4.69) is 0 Å². The van der Waals surface area contributed by atoms with Crippen LogP contribution in [0, 0.1) is 20.2 Å². The normalized spacial score (nSPS) is 4.67. The molecule has 0 aromatic carbocycles. The molecule has 0 rings (SSSR count). The van der Waals surface area contributed by atoms with Crippen molar-refractivity contribution in [2.75, 3.05) is 0 Å². The molecule has 0 amide bonds. The van der Waals surface area contributed by atoms with Gasteiger partial charge in [0.05, 0.1) is 0 Å². The fourth-order valence-electron chi connectivity index (χ4n) is 0. The Kier molecular flexibility index (Phi) is 54.4. The third-order valence-electron chi connectivity index (χ3n) is 0. The molecule has 0 aromatic rings. The summed E-state index contributed by atoms with van der Waals surface area (Å²) in [5.74, 6) is 5.75. The summed E-state index contributed by atoms with van der Waals surface area (Å²) in [4.78, 5) is 16.5. The quantitative estimate of drug-likeness (QED) is 0.258. The molecule has 53 valence electrons. The Bertz CT molecular complexity index is 55.3. The Morgan fingerprint density at radius 2 is 1.56 bits per heavy atom. The molecular weight excluding hydrogens is 138 g/mol. The third kappa shape index (κ3) is 60.8. The van der Waals surface area contributed by atoms with Crippen molar-refractivity contribution in [2.45, 2.75) is 0 Å². The van der Waals surface area contributed by atoms with Gasteiger partial charge in [0.25, 0.3) is 5.09 Å². The van der Waals surface area contributed by atoms with Gasteiger partial charge in [-0.3, -0.25) is 0 Å². The van der Waals surface area contributed by atoms with E-state index in [9.17, 15) is 0 Å². The largest absolute Gasteiger partial charge is 0.442 e. The molecule has 0 heterocycles. The molecule has 9 nitrogen and oxygen atoms in total. The first-order chi connectivity index (χ1) is 4.15. The second-order valence-corrected chi connectivity index (χ2v) is 0.319. The monoisotopic (exact) mass is 140 g/mol. The molecule has 0 aromatic heterocycles. The van der Waals surface area contributed by atoms with Crippen molar-refractivity contribution in [3.8, 4) is 0 Å². The SMILES string of the molecule is O=NO.O=[N+]([O-])O.[N+][O-]. The molecule has 0 saturated carbocycles. The van der Waals surface area contributed by atoms with Crippen LogP contribution in [0.5, 0.6) is 0 Å². The van der Waals surface area contributed by atoms with Gasteiger partial charge in [0.2, 0.25) is 0 Å². The fraction of sp³-hybridized carbons (Fsp3) is 0. The number of rotatable bonds is 0. The van der Waals surface area contributed by atoms with E-state index in [1.54, 1.807) is 0 Å². The Labute approximate surface area is 48.3 Å². The highest BCUT2D eigenvalue weighted by atomic mass is 16.9. The topological polar surface area (TPSA) is 158 Å². The fourth-order valence-corrected chi connectivity index (χ4v) is 0. The van der Waals surface area contributed by atoms with E-state index in [0.717, 1.165) is 0 Å². The molecule has 0 spiro atoms. The van der Waals surface area contributed by atoms with Crippen LogP contribution in [-0.2, 0) is 0 Å². The first-order valence-corrected chi connectivity index (χ1v) is 1.13. The highest BCUT2D eigenvalue weighted by molar-refractivity contribution is 3.93. The van der Waals surface area contributed by atoms with Crippen LogP contribution < -0.4 is 5.90 Å². The van der Waals surface area contributed by atoms with Crippen molar-refractivity contribution in [1.82, 2.24) is 5.90 Å². The van der Waals surface area contributed by atoms with Gasteiger partial charge in [0, 0.05) is 0 Å². The Morgan fingerprint density at radius 1 is 1.56 bits per heavy atom. The molecule has 9 heteroatoms. The van der Waals surface area contributed by atoms with E-state index in [4.69, 9.17) is 36.5 Å². The van der Waals surface area contributed by atoms with Crippen LogP contribution in [-0.4, -0.2) is 15.5 Å². The second-order valence-electron chi connectivity index (χ2n) is 0.319. The molecule has 0 fully saturated rings. The highest BCUT2D eigenvalue weighted by Crippen LogP contribution is 1.38. The van der Waals surface area contributed by atoms with E-state index in [-0.39, 0.29) is 0 Å². The maximum Gasteiger partial charge on any atom is 0.442 e. The van der Waals surface area contributed by atoms with Crippen LogP contribution in [0.15, 0.2) is 5.34 Å². The van der Waals surface area contributed by atoms with Crippen molar-refractivity contribution in [3.05, 3.63) is 20.2 Å². The van der Waals surface area contributed by atoms with Gasteiger partial charge in [0.1, 0.15) is 0 Å². The summed E-state index contributed by atoms with van der Waals surface area (Å²) in [6, 6.07) is 0. The maximum absolute atomic E-state index is 8.36. The van der Waals surface area contributed by atoms with Gasteiger partial charge < -0.3 is 15.6 Å². The van der Waals surface area contributed by atoms with Crippen LogP contribution in [0.25, 0.3) is 0 Å². The number of nitrogens with zero attached hydrogens (tertiary/aromatic N) is 3. The van der Waals surface area contributed by atoms with Gasteiger partial charge in [-0.2, -0.15) is 0 Å². The lowest BCUT2D eigenvalue weighted by Crippen LogP contribution is -1.81. The van der Waals surface area contributed by atoms with Crippen LogP contribution in [0.1, 0.15) is 0 Å². The summed E-state index contributed by atoms with van der Waals surface area (Å²) in [7, 11) is 0. The molecule has 0 aliphatic heterocycles. The van der Waals surface area contributed by atoms with Crippen molar-refractivity contribution < 1.29 is 15.5 Å². The lowest BCUT2D eigenvalue weighted by atomic mass is 13.1. The van der Waals surface area contributed by atoms with E-state index >= 15 is 0 Å². The molecule has 0 aliphatic carbocycles. The average Bonchev–Trinajstić information content (AvgIpc) is 1.71. The van der Waals surface area contributed by atoms with Crippen molar-refractivity contribution in [2.24, 2.45) is 5.34 Å². The van der Waals surface area contributed by atoms with Crippen LogP contribution in [0.4, 0.5) is 0 Å². The van der Waals surface area contributed by atoms with E-state index < -0.39 is 5.09 Å². The lowest BCUT2D eigenvalue weighted by molar-refractivity contribution is -0.742. The van der Waals surface area contributed by atoms with Crippen LogP contribution in [0.2, 0.25) is 0 Å². The first kappa shape index (κ1) is 15.6. The minimum absolute atomic E-state index is 1.25. The molecular formula is H2N3O6. The maximum atomic E-state index is 8.36. The van der Waals surface area contributed by atoms with Gasteiger partial charge in [-0.1, -0.05) is 0 Å². The summed E-state index contributed by atoms with van der Waals surface area (Å²) in [6.45, 7) is 0. The number of hydrogen-bond donors (Lipinski definition) is 2. The Morgan fingerprint density at radius 3 is 1.56 bits per heavy atom. The minimum Gasteiger partial charge on any atom is -0.442 e. The summed E-state index contributed by atoms with van der Waals surface area (Å²) in [5, 5.41) is 28.8. The van der Waals surface area contributed by atoms with Gasteiger partial charge in [-0.05, 0) is 0 Å². The Balaban J connectivity index is -0.0000000646. The van der Waals surface area contributed by atoms with Crippen molar-refractivity contribution in [1.29, 1.82) is 0 Å². The molecule has 2 N–H and O–H groups in total. The zero-order valence-electron chi connectivity index (χ0n) is 3.87. The van der Waals surface area contributed by atoms with Crippen LogP contribution in [0.3, 0.4) is 0 Å². The smallest absolute Gasteiger partial charge is 0.442 e. The highest BCUT2D eigenvalue weighted by Gasteiger charge is 1.65. The van der Waals surface area contributed by atoms with Crippen molar-refractivity contribution >= 4 is 0 Å². The lowest BCUT2D eigenvalue weighted by Gasteiger charge is -1.56.